The minimum Gasteiger partial charge on any atom is -0.444 e. The molecule has 2 aromatic heterocycles. The van der Waals surface area contributed by atoms with Gasteiger partial charge in [-0.15, -0.1) is 0 Å². The lowest BCUT2D eigenvalue weighted by atomic mass is 9.91. The van der Waals surface area contributed by atoms with E-state index in [-0.39, 0.29) is 5.91 Å². The van der Waals surface area contributed by atoms with E-state index in [1.54, 1.807) is 19.2 Å². The van der Waals surface area contributed by atoms with Crippen LogP contribution in [0.4, 0.5) is 4.79 Å². The summed E-state index contributed by atoms with van der Waals surface area (Å²) in [6.07, 6.45) is 4.35. The highest BCUT2D eigenvalue weighted by atomic mass is 16.6. The first-order chi connectivity index (χ1) is 15.2. The molecule has 8 heteroatoms. The van der Waals surface area contributed by atoms with Crippen molar-refractivity contribution in [3.05, 3.63) is 60.0 Å². The predicted octanol–water partition coefficient (Wildman–Crippen LogP) is 3.53. The summed E-state index contributed by atoms with van der Waals surface area (Å²) in [5.74, 6) is -0.294. The Morgan fingerprint density at radius 3 is 2.62 bits per heavy atom. The van der Waals surface area contributed by atoms with Gasteiger partial charge in [-0.1, -0.05) is 25.1 Å². The summed E-state index contributed by atoms with van der Waals surface area (Å²) in [6, 6.07) is 11.5. The first-order valence-corrected chi connectivity index (χ1v) is 10.8. The topological polar surface area (TPSA) is 109 Å². The zero-order valence-corrected chi connectivity index (χ0v) is 19.1. The molecule has 2 heterocycles. The van der Waals surface area contributed by atoms with Crippen molar-refractivity contribution in [1.82, 2.24) is 25.8 Å². The van der Waals surface area contributed by atoms with E-state index in [1.165, 1.54) is 0 Å². The molecule has 0 aliphatic heterocycles. The maximum absolute atomic E-state index is 13.3. The summed E-state index contributed by atoms with van der Waals surface area (Å²) < 4.78 is 5.56. The van der Waals surface area contributed by atoms with Gasteiger partial charge in [0, 0.05) is 42.7 Å². The standard InChI is InChI=1S/C24H31N5O3/c1-5-23(2,3)32-22(31)28-24(4,15-17-16-26-20-11-7-6-10-19(17)20)21(30)25-14-12-18-9-8-13-27-29-18/h6-11,13,16,26H,5,12,14-15H2,1-4H3,(H,25,30)(H,28,31). The van der Waals surface area contributed by atoms with Crippen molar-refractivity contribution < 1.29 is 14.3 Å². The second kappa shape index (κ2) is 9.80. The maximum atomic E-state index is 13.3. The largest absolute Gasteiger partial charge is 0.444 e. The van der Waals surface area contributed by atoms with Crippen LogP contribution in [0.5, 0.6) is 0 Å². The number of aromatic amines is 1. The average molecular weight is 438 g/mol. The molecular weight excluding hydrogens is 406 g/mol. The van der Waals surface area contributed by atoms with Crippen LogP contribution in [0.25, 0.3) is 10.9 Å². The van der Waals surface area contributed by atoms with Gasteiger partial charge < -0.3 is 20.4 Å². The molecule has 3 aromatic rings. The van der Waals surface area contributed by atoms with E-state index >= 15 is 0 Å². The third kappa shape index (κ3) is 5.84. The van der Waals surface area contributed by atoms with Gasteiger partial charge in [0.15, 0.2) is 0 Å². The number of H-pyrrole nitrogens is 1. The Labute approximate surface area is 188 Å². The van der Waals surface area contributed by atoms with Crippen molar-refractivity contribution in [2.24, 2.45) is 0 Å². The Morgan fingerprint density at radius 1 is 1.12 bits per heavy atom. The number of carbonyl (C=O) groups is 2. The number of nitrogens with zero attached hydrogens (tertiary/aromatic N) is 2. The first kappa shape index (κ1) is 23.2. The van der Waals surface area contributed by atoms with E-state index < -0.39 is 17.2 Å². The van der Waals surface area contributed by atoms with E-state index in [9.17, 15) is 9.59 Å². The minimum absolute atomic E-state index is 0.294. The Kier molecular flexibility index (Phi) is 7.12. The van der Waals surface area contributed by atoms with Crippen LogP contribution < -0.4 is 10.6 Å². The molecule has 3 N–H and O–H groups in total. The van der Waals surface area contributed by atoms with E-state index in [0.29, 0.717) is 25.8 Å². The average Bonchev–Trinajstić information content (AvgIpc) is 3.16. The van der Waals surface area contributed by atoms with Crippen LogP contribution in [-0.2, 0) is 22.4 Å². The number of carbonyl (C=O) groups excluding carboxylic acids is 2. The Balaban J connectivity index is 1.77. The van der Waals surface area contributed by atoms with Crippen LogP contribution in [0.2, 0.25) is 0 Å². The molecule has 0 spiro atoms. The van der Waals surface area contributed by atoms with Crippen molar-refractivity contribution in [3.8, 4) is 0 Å². The second-order valence-electron chi connectivity index (χ2n) is 8.72. The van der Waals surface area contributed by atoms with Crippen LogP contribution in [0.15, 0.2) is 48.8 Å². The highest BCUT2D eigenvalue weighted by Crippen LogP contribution is 2.23. The molecule has 0 aliphatic rings. The highest BCUT2D eigenvalue weighted by Gasteiger charge is 2.37. The lowest BCUT2D eigenvalue weighted by Gasteiger charge is -2.31. The molecule has 1 unspecified atom stereocenters. The number of ether oxygens (including phenoxy) is 1. The Morgan fingerprint density at radius 2 is 1.91 bits per heavy atom. The molecule has 0 aliphatic carbocycles. The van der Waals surface area contributed by atoms with Crippen molar-refractivity contribution >= 4 is 22.9 Å². The maximum Gasteiger partial charge on any atom is 0.408 e. The fourth-order valence-corrected chi connectivity index (χ4v) is 3.38. The van der Waals surface area contributed by atoms with Crippen LogP contribution in [0.1, 0.15) is 45.4 Å². The van der Waals surface area contributed by atoms with Crippen LogP contribution in [0, 0.1) is 0 Å². The normalized spacial score (nSPS) is 13.4. The van der Waals surface area contributed by atoms with Crippen molar-refractivity contribution in [2.45, 2.75) is 58.1 Å². The summed E-state index contributed by atoms with van der Waals surface area (Å²) in [5, 5.41) is 14.6. The highest BCUT2D eigenvalue weighted by molar-refractivity contribution is 5.91. The third-order valence-corrected chi connectivity index (χ3v) is 5.61. The third-order valence-electron chi connectivity index (χ3n) is 5.61. The number of rotatable bonds is 9. The van der Waals surface area contributed by atoms with E-state index in [0.717, 1.165) is 22.2 Å². The van der Waals surface area contributed by atoms with E-state index in [2.05, 4.69) is 25.8 Å². The molecule has 8 nitrogen and oxygen atoms in total. The monoisotopic (exact) mass is 437 g/mol. The molecule has 170 valence electrons. The quantitative estimate of drug-likeness (QED) is 0.474. The van der Waals surface area contributed by atoms with Crippen molar-refractivity contribution in [2.75, 3.05) is 6.54 Å². The van der Waals surface area contributed by atoms with Crippen LogP contribution in [0.3, 0.4) is 0 Å². The number of amides is 2. The van der Waals surface area contributed by atoms with Gasteiger partial charge in [0.1, 0.15) is 11.1 Å². The van der Waals surface area contributed by atoms with Gasteiger partial charge in [0.25, 0.3) is 0 Å². The summed E-state index contributed by atoms with van der Waals surface area (Å²) in [6.45, 7) is 7.71. The molecule has 1 aromatic carbocycles. The number of nitrogens with one attached hydrogen (secondary N) is 3. The molecule has 0 radical (unpaired) electrons. The molecule has 0 bridgehead atoms. The molecular formula is C24H31N5O3. The summed E-state index contributed by atoms with van der Waals surface area (Å²) in [7, 11) is 0. The molecule has 32 heavy (non-hydrogen) atoms. The van der Waals surface area contributed by atoms with Gasteiger partial charge >= 0.3 is 6.09 Å². The van der Waals surface area contributed by atoms with Crippen LogP contribution >= 0.6 is 0 Å². The first-order valence-electron chi connectivity index (χ1n) is 10.8. The summed E-state index contributed by atoms with van der Waals surface area (Å²) >= 11 is 0. The number of alkyl carbamates (subject to hydrolysis) is 1. The number of hydrogen-bond acceptors (Lipinski definition) is 5. The predicted molar refractivity (Wildman–Crippen MR) is 123 cm³/mol. The van der Waals surface area contributed by atoms with E-state index in [1.807, 2.05) is 57.3 Å². The Bertz CT molecular complexity index is 1060. The van der Waals surface area contributed by atoms with Crippen molar-refractivity contribution in [1.29, 1.82) is 0 Å². The van der Waals surface area contributed by atoms with Gasteiger partial charge in [0.05, 0.1) is 5.69 Å². The Hall–Kier alpha value is -3.42. The second-order valence-corrected chi connectivity index (χ2v) is 8.72. The number of aromatic nitrogens is 3. The van der Waals surface area contributed by atoms with Gasteiger partial charge in [-0.3, -0.25) is 4.79 Å². The fraction of sp³-hybridized carbons (Fsp3) is 0.417. The lowest BCUT2D eigenvalue weighted by Crippen LogP contribution is -2.59. The number of hydrogen-bond donors (Lipinski definition) is 3. The number of fused-ring (bicyclic) bond motifs is 1. The van der Waals surface area contributed by atoms with E-state index in [4.69, 9.17) is 4.74 Å². The molecule has 1 atom stereocenters. The minimum atomic E-state index is -1.21. The SMILES string of the molecule is CCC(C)(C)OC(=O)NC(C)(Cc1c[nH]c2ccccc12)C(=O)NCCc1cccnn1. The number of para-hydroxylation sites is 1. The van der Waals surface area contributed by atoms with Gasteiger partial charge in [-0.25, -0.2) is 4.79 Å². The molecule has 3 rings (SSSR count). The zero-order valence-electron chi connectivity index (χ0n) is 19.1. The fourth-order valence-electron chi connectivity index (χ4n) is 3.38. The molecule has 2 amide bonds. The summed E-state index contributed by atoms with van der Waals surface area (Å²) in [5.41, 5.74) is 0.843. The molecule has 0 saturated heterocycles. The summed E-state index contributed by atoms with van der Waals surface area (Å²) in [4.78, 5) is 29.2. The lowest BCUT2D eigenvalue weighted by molar-refractivity contribution is -0.127. The van der Waals surface area contributed by atoms with Gasteiger partial charge in [-0.2, -0.15) is 10.2 Å². The number of benzene rings is 1. The molecule has 0 saturated carbocycles. The van der Waals surface area contributed by atoms with Crippen molar-refractivity contribution in [3.63, 3.8) is 0 Å². The van der Waals surface area contributed by atoms with Gasteiger partial charge in [-0.05, 0) is 51.0 Å². The zero-order chi connectivity index (χ0) is 23.2. The van der Waals surface area contributed by atoms with Crippen LogP contribution in [-0.4, -0.2) is 44.9 Å². The molecule has 0 fully saturated rings. The van der Waals surface area contributed by atoms with Gasteiger partial charge in [0.2, 0.25) is 5.91 Å². The smallest absolute Gasteiger partial charge is 0.408 e.